The highest BCUT2D eigenvalue weighted by Gasteiger charge is 1.97. The lowest BCUT2D eigenvalue weighted by molar-refractivity contribution is 1.23. The summed E-state index contributed by atoms with van der Waals surface area (Å²) in [6.07, 6.45) is 2.10. The molecule has 2 nitrogen and oxygen atoms in total. The fourth-order valence-electron chi connectivity index (χ4n) is 0.982. The third-order valence-corrected chi connectivity index (χ3v) is 2.92. The summed E-state index contributed by atoms with van der Waals surface area (Å²) in [6.45, 7) is 0.964. The molecule has 0 saturated carbocycles. The molecule has 0 unspecified atom stereocenters. The predicted molar refractivity (Wildman–Crippen MR) is 70.4 cm³/mol. The number of rotatable bonds is 4. The molecule has 0 heterocycles. The van der Waals surface area contributed by atoms with Crippen LogP contribution in [0.5, 0.6) is 0 Å². The normalized spacial score (nSPS) is 10.0. The second kappa shape index (κ2) is 5.59. The topological polar surface area (TPSA) is 38.0 Å². The molecule has 0 aliphatic carbocycles. The van der Waals surface area contributed by atoms with Gasteiger partial charge in [-0.15, -0.1) is 0 Å². The second-order valence-electron chi connectivity index (χ2n) is 2.65. The van der Waals surface area contributed by atoms with Crippen LogP contribution in [0.2, 0.25) is 0 Å². The maximum atomic E-state index is 5.83. The van der Waals surface area contributed by atoms with Crippen molar-refractivity contribution in [2.45, 2.75) is 0 Å². The van der Waals surface area contributed by atoms with Crippen LogP contribution in [0.25, 0.3) is 0 Å². The fourth-order valence-corrected chi connectivity index (χ4v) is 1.80. The number of hydrogen-bond donors (Lipinski definition) is 2. The Labute approximate surface area is 96.8 Å². The molecule has 1 aromatic carbocycles. The van der Waals surface area contributed by atoms with E-state index in [0.29, 0.717) is 0 Å². The molecule has 0 atom stereocenters. The molecule has 0 aromatic heterocycles. The molecule has 0 fully saturated rings. The van der Waals surface area contributed by atoms with Gasteiger partial charge in [0.25, 0.3) is 0 Å². The molecule has 1 aromatic rings. The van der Waals surface area contributed by atoms with Gasteiger partial charge in [-0.1, -0.05) is 0 Å². The van der Waals surface area contributed by atoms with E-state index in [1.807, 2.05) is 23.9 Å². The Kier molecular flexibility index (Phi) is 4.72. The molecule has 0 aliphatic rings. The summed E-state index contributed by atoms with van der Waals surface area (Å²) >= 11 is 4.08. The van der Waals surface area contributed by atoms with Crippen molar-refractivity contribution in [1.29, 1.82) is 0 Å². The summed E-state index contributed by atoms with van der Waals surface area (Å²) in [7, 11) is 0. The zero-order chi connectivity index (χ0) is 9.68. The first-order chi connectivity index (χ1) is 6.24. The molecule has 72 valence electrons. The Hall–Kier alpha value is -0.100. The van der Waals surface area contributed by atoms with Gasteiger partial charge < -0.3 is 11.1 Å². The van der Waals surface area contributed by atoms with Gasteiger partial charge in [0.05, 0.1) is 11.4 Å². The maximum absolute atomic E-state index is 5.83. The van der Waals surface area contributed by atoms with Crippen LogP contribution >= 0.6 is 34.4 Å². The highest BCUT2D eigenvalue weighted by molar-refractivity contribution is 14.1. The Morgan fingerprint density at radius 3 is 2.92 bits per heavy atom. The largest absolute Gasteiger partial charge is 0.397 e. The smallest absolute Gasteiger partial charge is 0.0574 e. The van der Waals surface area contributed by atoms with Crippen LogP contribution in [0.1, 0.15) is 0 Å². The van der Waals surface area contributed by atoms with Crippen LogP contribution in [0, 0.1) is 3.57 Å². The van der Waals surface area contributed by atoms with Gasteiger partial charge in [0.15, 0.2) is 0 Å². The van der Waals surface area contributed by atoms with Crippen molar-refractivity contribution in [2.24, 2.45) is 0 Å². The second-order valence-corrected chi connectivity index (χ2v) is 4.88. The van der Waals surface area contributed by atoms with Crippen LogP contribution in [-0.2, 0) is 0 Å². The Morgan fingerprint density at radius 1 is 1.54 bits per heavy atom. The lowest BCUT2D eigenvalue weighted by Gasteiger charge is -2.08. The van der Waals surface area contributed by atoms with Gasteiger partial charge in [0.2, 0.25) is 0 Å². The van der Waals surface area contributed by atoms with Gasteiger partial charge in [-0.25, -0.2) is 0 Å². The molecule has 0 bridgehead atoms. The maximum Gasteiger partial charge on any atom is 0.0574 e. The van der Waals surface area contributed by atoms with Crippen molar-refractivity contribution in [1.82, 2.24) is 0 Å². The lowest BCUT2D eigenvalue weighted by atomic mass is 10.3. The average Bonchev–Trinajstić information content (AvgIpc) is 2.09. The summed E-state index contributed by atoms with van der Waals surface area (Å²) in [4.78, 5) is 0. The number of benzene rings is 1. The number of anilines is 2. The van der Waals surface area contributed by atoms with Crippen molar-refractivity contribution in [3.8, 4) is 0 Å². The van der Waals surface area contributed by atoms with Gasteiger partial charge in [-0.2, -0.15) is 11.8 Å². The molecule has 0 amide bonds. The van der Waals surface area contributed by atoms with E-state index in [4.69, 9.17) is 5.73 Å². The number of nitrogens with two attached hydrogens (primary N) is 1. The average molecular weight is 308 g/mol. The Morgan fingerprint density at radius 2 is 2.31 bits per heavy atom. The minimum absolute atomic E-state index is 0.827. The van der Waals surface area contributed by atoms with E-state index in [0.717, 1.165) is 23.7 Å². The number of hydrogen-bond acceptors (Lipinski definition) is 3. The van der Waals surface area contributed by atoms with Crippen LogP contribution in [0.4, 0.5) is 11.4 Å². The summed E-state index contributed by atoms with van der Waals surface area (Å²) in [5.74, 6) is 1.10. The van der Waals surface area contributed by atoms with Crippen molar-refractivity contribution in [3.05, 3.63) is 21.8 Å². The van der Waals surface area contributed by atoms with Crippen molar-refractivity contribution >= 4 is 45.7 Å². The van der Waals surface area contributed by atoms with Gasteiger partial charge in [-0.3, -0.25) is 0 Å². The third-order valence-electron chi connectivity index (χ3n) is 1.64. The van der Waals surface area contributed by atoms with Crippen molar-refractivity contribution in [3.63, 3.8) is 0 Å². The molecule has 0 saturated heterocycles. The van der Waals surface area contributed by atoms with E-state index in [-0.39, 0.29) is 0 Å². The van der Waals surface area contributed by atoms with Crippen LogP contribution in [-0.4, -0.2) is 18.6 Å². The monoisotopic (exact) mass is 308 g/mol. The highest BCUT2D eigenvalue weighted by Crippen LogP contribution is 2.20. The van der Waals surface area contributed by atoms with Crippen molar-refractivity contribution in [2.75, 3.05) is 29.6 Å². The highest BCUT2D eigenvalue weighted by atomic mass is 127. The minimum Gasteiger partial charge on any atom is -0.397 e. The summed E-state index contributed by atoms with van der Waals surface area (Å²) in [6, 6.07) is 6.05. The molecule has 1 rings (SSSR count). The Balaban J connectivity index is 2.56. The van der Waals surface area contributed by atoms with Gasteiger partial charge >= 0.3 is 0 Å². The molecule has 4 heteroatoms. The number of halogens is 1. The van der Waals surface area contributed by atoms with E-state index < -0.39 is 0 Å². The molecule has 13 heavy (non-hydrogen) atoms. The van der Waals surface area contributed by atoms with E-state index in [9.17, 15) is 0 Å². The van der Waals surface area contributed by atoms with Crippen LogP contribution < -0.4 is 11.1 Å². The van der Waals surface area contributed by atoms with E-state index in [2.05, 4.69) is 40.2 Å². The van der Waals surface area contributed by atoms with Gasteiger partial charge in [-0.05, 0) is 47.0 Å². The number of thioether (sulfide) groups is 1. The summed E-state index contributed by atoms with van der Waals surface area (Å²) in [5, 5.41) is 3.29. The Bertz CT molecular complexity index is 278. The number of nitrogens with one attached hydrogen (secondary N) is 1. The molecule has 0 aliphatic heterocycles. The molecule has 0 spiro atoms. The number of nitrogen functional groups attached to an aromatic ring is 1. The first kappa shape index (κ1) is 11.0. The van der Waals surface area contributed by atoms with Gasteiger partial charge in [0.1, 0.15) is 0 Å². The summed E-state index contributed by atoms with van der Waals surface area (Å²) in [5.41, 5.74) is 7.69. The summed E-state index contributed by atoms with van der Waals surface area (Å²) < 4.78 is 1.17. The van der Waals surface area contributed by atoms with Crippen LogP contribution in [0.3, 0.4) is 0 Å². The zero-order valence-corrected chi connectivity index (χ0v) is 10.5. The quantitative estimate of drug-likeness (QED) is 0.510. The minimum atomic E-state index is 0.827. The zero-order valence-electron chi connectivity index (χ0n) is 7.51. The fraction of sp³-hybridized carbons (Fsp3) is 0.333. The molecule has 3 N–H and O–H groups in total. The molecule has 0 radical (unpaired) electrons. The SMILES string of the molecule is CSCCNc1ccc(I)cc1N. The van der Waals surface area contributed by atoms with Gasteiger partial charge in [0, 0.05) is 15.9 Å². The lowest BCUT2D eigenvalue weighted by Crippen LogP contribution is -2.06. The van der Waals surface area contributed by atoms with Crippen LogP contribution in [0.15, 0.2) is 18.2 Å². The first-order valence-electron chi connectivity index (χ1n) is 4.02. The van der Waals surface area contributed by atoms with Crippen molar-refractivity contribution < 1.29 is 0 Å². The van der Waals surface area contributed by atoms with E-state index in [1.54, 1.807) is 0 Å². The van der Waals surface area contributed by atoms with E-state index >= 15 is 0 Å². The predicted octanol–water partition coefficient (Wildman–Crippen LogP) is 2.65. The first-order valence-corrected chi connectivity index (χ1v) is 6.49. The third kappa shape index (κ3) is 3.64. The molecular weight excluding hydrogens is 295 g/mol. The standard InChI is InChI=1S/C9H13IN2S/c1-13-5-4-12-9-3-2-7(10)6-8(9)11/h2-3,6,12H,4-5,11H2,1H3. The van der Waals surface area contributed by atoms with E-state index in [1.165, 1.54) is 3.57 Å². The molecular formula is C9H13IN2S.